The molecule has 0 saturated heterocycles. The zero-order valence-corrected chi connectivity index (χ0v) is 11.6. The van der Waals surface area contributed by atoms with Crippen LogP contribution in [-0.4, -0.2) is 9.78 Å². The Morgan fingerprint density at radius 1 is 1.10 bits per heavy atom. The van der Waals surface area contributed by atoms with Crippen LogP contribution in [-0.2, 0) is 6.54 Å². The van der Waals surface area contributed by atoms with Gasteiger partial charge in [-0.1, -0.05) is 41.9 Å². The van der Waals surface area contributed by atoms with Crippen molar-refractivity contribution in [2.75, 3.05) is 5.73 Å². The van der Waals surface area contributed by atoms with E-state index in [1.54, 1.807) is 0 Å². The summed E-state index contributed by atoms with van der Waals surface area (Å²) in [5.74, 6) is 0. The van der Waals surface area contributed by atoms with Gasteiger partial charge in [-0.25, -0.2) is 0 Å². The summed E-state index contributed by atoms with van der Waals surface area (Å²) < 4.78 is 1.88. The number of nitrogens with zero attached hydrogens (tertiary/aromatic N) is 2. The third-order valence-electron chi connectivity index (χ3n) is 3.14. The third-order valence-corrected chi connectivity index (χ3v) is 3.37. The van der Waals surface area contributed by atoms with Crippen molar-refractivity contribution in [2.45, 2.75) is 6.54 Å². The number of rotatable bonds is 3. The summed E-state index contributed by atoms with van der Waals surface area (Å²) in [6, 6.07) is 15.6. The molecule has 1 aromatic heterocycles. The lowest BCUT2D eigenvalue weighted by molar-refractivity contribution is 0.687. The standard InChI is InChI=1S/C16H14ClN3/c17-14-5-3-4-12(8-14)10-20-11-13(9-19-20)15-6-1-2-7-16(15)18/h1-9,11H,10,18H2. The van der Waals surface area contributed by atoms with Crippen molar-refractivity contribution in [2.24, 2.45) is 0 Å². The summed E-state index contributed by atoms with van der Waals surface area (Å²) in [6.45, 7) is 0.688. The van der Waals surface area contributed by atoms with E-state index in [9.17, 15) is 0 Å². The van der Waals surface area contributed by atoms with Crippen molar-refractivity contribution < 1.29 is 0 Å². The molecule has 0 fully saturated rings. The molecule has 20 heavy (non-hydrogen) atoms. The number of anilines is 1. The molecule has 0 aliphatic carbocycles. The SMILES string of the molecule is Nc1ccccc1-c1cnn(Cc2cccc(Cl)c2)c1. The van der Waals surface area contributed by atoms with Crippen LogP contribution in [0, 0.1) is 0 Å². The molecule has 3 rings (SSSR count). The molecule has 2 aromatic carbocycles. The molecule has 4 heteroatoms. The van der Waals surface area contributed by atoms with Gasteiger partial charge in [0.1, 0.15) is 0 Å². The molecule has 0 bridgehead atoms. The normalized spacial score (nSPS) is 10.7. The number of nitrogens with two attached hydrogens (primary N) is 1. The average molecular weight is 284 g/mol. The predicted octanol–water partition coefficient (Wildman–Crippen LogP) is 3.83. The lowest BCUT2D eigenvalue weighted by atomic mass is 10.1. The van der Waals surface area contributed by atoms with E-state index in [1.165, 1.54) is 0 Å². The van der Waals surface area contributed by atoms with Crippen molar-refractivity contribution in [3.63, 3.8) is 0 Å². The van der Waals surface area contributed by atoms with Gasteiger partial charge in [-0.15, -0.1) is 0 Å². The predicted molar refractivity (Wildman–Crippen MR) is 82.6 cm³/mol. The molecule has 2 N–H and O–H groups in total. The van der Waals surface area contributed by atoms with E-state index in [0.717, 1.165) is 27.4 Å². The average Bonchev–Trinajstić information content (AvgIpc) is 2.87. The summed E-state index contributed by atoms with van der Waals surface area (Å²) in [5.41, 5.74) is 9.88. The Bertz CT molecular complexity index is 734. The Morgan fingerprint density at radius 2 is 1.95 bits per heavy atom. The van der Waals surface area contributed by atoms with E-state index < -0.39 is 0 Å². The monoisotopic (exact) mass is 283 g/mol. The number of aromatic nitrogens is 2. The molecule has 0 atom stereocenters. The van der Waals surface area contributed by atoms with Crippen LogP contribution >= 0.6 is 11.6 Å². The number of halogens is 1. The fourth-order valence-corrected chi connectivity index (χ4v) is 2.38. The molecule has 100 valence electrons. The fourth-order valence-electron chi connectivity index (χ4n) is 2.17. The van der Waals surface area contributed by atoms with Crippen molar-refractivity contribution in [1.82, 2.24) is 9.78 Å². The van der Waals surface area contributed by atoms with Gasteiger partial charge in [0.25, 0.3) is 0 Å². The van der Waals surface area contributed by atoms with E-state index in [4.69, 9.17) is 17.3 Å². The van der Waals surface area contributed by atoms with Gasteiger partial charge in [-0.2, -0.15) is 5.10 Å². The molecule has 1 heterocycles. The second-order valence-corrected chi connectivity index (χ2v) is 5.08. The van der Waals surface area contributed by atoms with Crippen molar-refractivity contribution >= 4 is 17.3 Å². The first-order valence-corrected chi connectivity index (χ1v) is 6.72. The third kappa shape index (κ3) is 2.68. The molecule has 3 nitrogen and oxygen atoms in total. The van der Waals surface area contributed by atoms with Crippen LogP contribution in [0.25, 0.3) is 11.1 Å². The van der Waals surface area contributed by atoms with Gasteiger partial charge in [0.05, 0.1) is 12.7 Å². The van der Waals surface area contributed by atoms with Gasteiger partial charge >= 0.3 is 0 Å². The summed E-state index contributed by atoms with van der Waals surface area (Å²) >= 11 is 5.99. The van der Waals surface area contributed by atoms with Crippen molar-refractivity contribution in [3.8, 4) is 11.1 Å². The first kappa shape index (κ1) is 12.8. The smallest absolute Gasteiger partial charge is 0.0660 e. The lowest BCUT2D eigenvalue weighted by Gasteiger charge is -2.03. The van der Waals surface area contributed by atoms with E-state index in [2.05, 4.69) is 5.10 Å². The Hall–Kier alpha value is -2.26. The van der Waals surface area contributed by atoms with E-state index in [1.807, 2.05) is 65.6 Å². The van der Waals surface area contributed by atoms with E-state index >= 15 is 0 Å². The summed E-state index contributed by atoms with van der Waals surface area (Å²) in [5, 5.41) is 5.11. The Kier molecular flexibility index (Phi) is 3.44. The van der Waals surface area contributed by atoms with Gasteiger partial charge in [0, 0.05) is 28.0 Å². The molecule has 3 aromatic rings. The number of hydrogen-bond acceptors (Lipinski definition) is 2. The first-order chi connectivity index (χ1) is 9.72. The van der Waals surface area contributed by atoms with Crippen molar-refractivity contribution in [1.29, 1.82) is 0 Å². The first-order valence-electron chi connectivity index (χ1n) is 6.34. The Morgan fingerprint density at radius 3 is 2.75 bits per heavy atom. The highest BCUT2D eigenvalue weighted by Crippen LogP contribution is 2.25. The second-order valence-electron chi connectivity index (χ2n) is 4.64. The van der Waals surface area contributed by atoms with Crippen LogP contribution in [0.15, 0.2) is 60.9 Å². The molecule has 0 saturated carbocycles. The van der Waals surface area contributed by atoms with Crippen molar-refractivity contribution in [3.05, 3.63) is 71.5 Å². The quantitative estimate of drug-likeness (QED) is 0.742. The zero-order chi connectivity index (χ0) is 13.9. The molecular formula is C16H14ClN3. The van der Waals surface area contributed by atoms with E-state index in [-0.39, 0.29) is 0 Å². The van der Waals surface area contributed by atoms with Gasteiger partial charge in [0.2, 0.25) is 0 Å². The molecule has 0 amide bonds. The van der Waals surface area contributed by atoms with Crippen LogP contribution in [0.3, 0.4) is 0 Å². The minimum absolute atomic E-state index is 0.688. The topological polar surface area (TPSA) is 43.8 Å². The van der Waals surface area contributed by atoms with Gasteiger partial charge in [0.15, 0.2) is 0 Å². The maximum Gasteiger partial charge on any atom is 0.0660 e. The summed E-state index contributed by atoms with van der Waals surface area (Å²) in [6.07, 6.45) is 3.82. The van der Waals surface area contributed by atoms with E-state index in [0.29, 0.717) is 6.54 Å². The van der Waals surface area contributed by atoms with Gasteiger partial charge in [-0.05, 0) is 23.8 Å². The fraction of sp³-hybridized carbons (Fsp3) is 0.0625. The molecule has 0 radical (unpaired) electrons. The second kappa shape index (κ2) is 5.39. The van der Waals surface area contributed by atoms with Crippen LogP contribution in [0.1, 0.15) is 5.56 Å². The molecular weight excluding hydrogens is 270 g/mol. The lowest BCUT2D eigenvalue weighted by Crippen LogP contribution is -1.99. The summed E-state index contributed by atoms with van der Waals surface area (Å²) in [4.78, 5) is 0. The zero-order valence-electron chi connectivity index (χ0n) is 10.8. The Labute approximate surface area is 122 Å². The van der Waals surface area contributed by atoms with Crippen LogP contribution in [0.2, 0.25) is 5.02 Å². The largest absolute Gasteiger partial charge is 0.398 e. The number of benzene rings is 2. The number of nitrogen functional groups attached to an aromatic ring is 1. The highest BCUT2D eigenvalue weighted by atomic mass is 35.5. The molecule has 0 unspecified atom stereocenters. The molecule has 0 aliphatic heterocycles. The van der Waals surface area contributed by atoms with Crippen LogP contribution in [0.5, 0.6) is 0 Å². The van der Waals surface area contributed by atoms with Crippen LogP contribution in [0.4, 0.5) is 5.69 Å². The number of hydrogen-bond donors (Lipinski definition) is 1. The van der Waals surface area contributed by atoms with Crippen LogP contribution < -0.4 is 5.73 Å². The maximum absolute atomic E-state index is 5.99. The van der Waals surface area contributed by atoms with Gasteiger partial charge < -0.3 is 5.73 Å². The van der Waals surface area contributed by atoms with Gasteiger partial charge in [-0.3, -0.25) is 4.68 Å². The summed E-state index contributed by atoms with van der Waals surface area (Å²) in [7, 11) is 0. The minimum atomic E-state index is 0.688. The highest BCUT2D eigenvalue weighted by molar-refractivity contribution is 6.30. The Balaban J connectivity index is 1.86. The minimum Gasteiger partial charge on any atom is -0.398 e. The number of para-hydroxylation sites is 1. The molecule has 0 aliphatic rings. The highest BCUT2D eigenvalue weighted by Gasteiger charge is 2.05. The maximum atomic E-state index is 5.99. The molecule has 0 spiro atoms.